The van der Waals surface area contributed by atoms with Crippen molar-refractivity contribution in [3.05, 3.63) is 169 Å². The highest BCUT2D eigenvalue weighted by atomic mass is 32.1. The Morgan fingerprint density at radius 1 is 0.424 bits per heavy atom. The fraction of sp³-hybridized carbons (Fsp3) is 0.0192. The van der Waals surface area contributed by atoms with Gasteiger partial charge in [-0.2, -0.15) is 0 Å². The molecule has 0 amide bonds. The lowest BCUT2D eigenvalue weighted by Gasteiger charge is -2.21. The zero-order valence-corrected chi connectivity index (χ0v) is 34.7. The molecule has 0 bridgehead atoms. The predicted molar refractivity (Wildman–Crippen MR) is 268 cm³/mol. The van der Waals surface area contributed by atoms with Crippen LogP contribution in [0.2, 0.25) is 0 Å². The van der Waals surface area contributed by atoms with Crippen LogP contribution in [-0.4, -0.2) is 40.9 Å². The number of hydrogen-bond donors (Lipinski definition) is 0. The topological polar surface area (TPSA) is 17.8 Å². The van der Waals surface area contributed by atoms with Crippen molar-refractivity contribution in [3.63, 3.8) is 0 Å². The summed E-state index contributed by atoms with van der Waals surface area (Å²) in [5.41, 5.74) is 18.4. The molecular weight excluding hydrogens is 728 g/mol. The molecule has 0 aliphatic heterocycles. The maximum absolute atomic E-state index is 5.32. The molecule has 0 saturated carbocycles. The number of para-hydroxylation sites is 2. The number of fused-ring (bicyclic) bond motifs is 6. The monoisotopic (exact) mass is 766 g/mol. The lowest BCUT2D eigenvalue weighted by Crippen LogP contribution is -2.49. The molecule has 0 saturated heterocycles. The zero-order chi connectivity index (χ0) is 39.9. The smallest absolute Gasteiger partial charge is 0.145 e. The van der Waals surface area contributed by atoms with Crippen LogP contribution in [0.4, 0.5) is 0 Å². The Kier molecular flexibility index (Phi) is 8.32. The van der Waals surface area contributed by atoms with E-state index < -0.39 is 0 Å². The minimum atomic E-state index is 0.990. The van der Waals surface area contributed by atoms with Crippen LogP contribution in [0.25, 0.3) is 103 Å². The van der Waals surface area contributed by atoms with Crippen molar-refractivity contribution >= 4 is 117 Å². The van der Waals surface area contributed by atoms with Crippen LogP contribution in [0.1, 0.15) is 5.56 Å². The quantitative estimate of drug-likeness (QED) is 0.130. The summed E-state index contributed by atoms with van der Waals surface area (Å²) in [6, 6.07) is 60.4. The lowest BCUT2D eigenvalue weighted by atomic mass is 9.63. The third-order valence-electron chi connectivity index (χ3n) is 13.0. The highest BCUT2D eigenvalue weighted by Crippen LogP contribution is 2.46. The number of nitrogens with zero attached hydrogens (tertiary/aromatic N) is 2. The van der Waals surface area contributed by atoms with Gasteiger partial charge in [-0.15, -0.1) is 22.3 Å². The van der Waals surface area contributed by atoms with Gasteiger partial charge >= 0.3 is 0 Å². The third-order valence-corrected chi connectivity index (χ3v) is 14.1. The number of benzene rings is 9. The minimum absolute atomic E-state index is 0.990. The van der Waals surface area contributed by atoms with Gasteiger partial charge in [0, 0.05) is 31.4 Å². The van der Waals surface area contributed by atoms with E-state index >= 15 is 0 Å². The van der Waals surface area contributed by atoms with E-state index in [0.717, 1.165) is 22.5 Å². The number of imidazole rings is 1. The van der Waals surface area contributed by atoms with Gasteiger partial charge in [0.05, 0.1) is 11.0 Å². The van der Waals surface area contributed by atoms with Crippen LogP contribution in [0.15, 0.2) is 164 Å². The molecule has 7 heteroatoms. The Balaban J connectivity index is 1.15. The highest BCUT2D eigenvalue weighted by molar-refractivity contribution is 7.25. The molecular formula is C52H38B4N2S. The maximum Gasteiger partial charge on any atom is 0.145 e. The largest absolute Gasteiger partial charge is 0.292 e. The first-order valence-electron chi connectivity index (χ1n) is 20.5. The van der Waals surface area contributed by atoms with E-state index in [9.17, 15) is 0 Å². The number of rotatable bonds is 5. The van der Waals surface area contributed by atoms with Crippen molar-refractivity contribution in [3.8, 4) is 50.5 Å². The Labute approximate surface area is 351 Å². The van der Waals surface area contributed by atoms with E-state index in [0.29, 0.717) is 0 Å². The Morgan fingerprint density at radius 3 is 1.78 bits per heavy atom. The van der Waals surface area contributed by atoms with Gasteiger partial charge in [-0.3, -0.25) is 4.57 Å². The maximum atomic E-state index is 5.32. The second-order valence-corrected chi connectivity index (χ2v) is 17.1. The summed E-state index contributed by atoms with van der Waals surface area (Å²) < 4.78 is 5.00. The van der Waals surface area contributed by atoms with Crippen molar-refractivity contribution in [1.82, 2.24) is 9.55 Å². The molecule has 0 spiro atoms. The minimum Gasteiger partial charge on any atom is -0.292 e. The summed E-state index contributed by atoms with van der Waals surface area (Å²) in [6.07, 6.45) is 0. The molecule has 2 nitrogen and oxygen atoms in total. The number of aromatic nitrogens is 2. The van der Waals surface area contributed by atoms with E-state index in [2.05, 4.69) is 207 Å². The van der Waals surface area contributed by atoms with E-state index in [-0.39, 0.29) is 0 Å². The van der Waals surface area contributed by atoms with E-state index in [1.807, 2.05) is 11.3 Å². The standard InChI is InChI=1S/C52H38B4N2S/c1-29-45(49(54)51(56)50(55)48(29)53)52-57-41-16-8-9-17-42(41)58(52)34-23-19-31(20-24-34)46-36-14-5-6-15-37(36)47(40-27-32(21-25-38(40)46)30-11-3-2-4-12-30)33-22-26-44-39(28-33)35-13-7-10-18-43(35)59-44/h2-28H,53-56H2,1H3. The number of thiophene rings is 1. The normalized spacial score (nSPS) is 11.7. The zero-order valence-electron chi connectivity index (χ0n) is 33.9. The van der Waals surface area contributed by atoms with Crippen molar-refractivity contribution in [2.45, 2.75) is 6.92 Å². The molecule has 0 atom stereocenters. The lowest BCUT2D eigenvalue weighted by molar-refractivity contribution is 1.10. The highest BCUT2D eigenvalue weighted by Gasteiger charge is 2.22. The van der Waals surface area contributed by atoms with Crippen molar-refractivity contribution in [2.75, 3.05) is 0 Å². The molecule has 2 heterocycles. The molecule has 9 aromatic carbocycles. The van der Waals surface area contributed by atoms with Crippen molar-refractivity contribution < 1.29 is 0 Å². The summed E-state index contributed by atoms with van der Waals surface area (Å²) >= 11 is 1.87. The number of hydrogen-bond acceptors (Lipinski definition) is 2. The second-order valence-electron chi connectivity index (χ2n) is 16.0. The summed E-state index contributed by atoms with van der Waals surface area (Å²) in [7, 11) is 8.98. The van der Waals surface area contributed by atoms with Gasteiger partial charge < -0.3 is 0 Å². The van der Waals surface area contributed by atoms with Gasteiger partial charge in [0.15, 0.2) is 0 Å². The van der Waals surface area contributed by atoms with Crippen molar-refractivity contribution in [1.29, 1.82) is 0 Å². The fourth-order valence-corrected chi connectivity index (χ4v) is 10.6. The molecule has 0 fully saturated rings. The summed E-state index contributed by atoms with van der Waals surface area (Å²) in [4.78, 5) is 5.32. The average molecular weight is 766 g/mol. The molecule has 0 unspecified atom stereocenters. The molecule has 2 aromatic heterocycles. The van der Waals surface area contributed by atoms with Crippen LogP contribution in [-0.2, 0) is 0 Å². The summed E-state index contributed by atoms with van der Waals surface area (Å²) in [5.74, 6) is 0.990. The van der Waals surface area contributed by atoms with Crippen LogP contribution in [0, 0.1) is 6.92 Å². The molecule has 274 valence electrons. The van der Waals surface area contributed by atoms with E-state index in [4.69, 9.17) is 4.98 Å². The molecule has 0 N–H and O–H groups in total. The summed E-state index contributed by atoms with van der Waals surface area (Å²) in [6.45, 7) is 2.25. The molecule has 11 rings (SSSR count). The van der Waals surface area contributed by atoms with Gasteiger partial charge in [-0.25, -0.2) is 4.98 Å². The SMILES string of the molecule is Bc1c(B)c(B)c(-c2nc3ccccc3n2-c2ccc(-c3c4ccccc4c(-c4ccc5sc6ccccc6c5c4)c4cc(-c5ccccc5)ccc34)cc2)c(C)c1B. The molecule has 0 radical (unpaired) electrons. The van der Waals surface area contributed by atoms with Gasteiger partial charge in [0.25, 0.3) is 0 Å². The second kappa shape index (κ2) is 13.8. The predicted octanol–water partition coefficient (Wildman–Crippen LogP) is 7.71. The van der Waals surface area contributed by atoms with Gasteiger partial charge in [-0.1, -0.05) is 126 Å². The molecule has 59 heavy (non-hydrogen) atoms. The van der Waals surface area contributed by atoms with Crippen LogP contribution in [0.5, 0.6) is 0 Å². The van der Waals surface area contributed by atoms with Gasteiger partial charge in [0.2, 0.25) is 0 Å². The van der Waals surface area contributed by atoms with Crippen LogP contribution >= 0.6 is 11.3 Å². The summed E-state index contributed by atoms with van der Waals surface area (Å²) in [5, 5.41) is 7.62. The van der Waals surface area contributed by atoms with Crippen molar-refractivity contribution in [2.24, 2.45) is 0 Å². The van der Waals surface area contributed by atoms with Gasteiger partial charge in [0.1, 0.15) is 37.2 Å². The first kappa shape index (κ1) is 35.6. The van der Waals surface area contributed by atoms with Crippen LogP contribution in [0.3, 0.4) is 0 Å². The molecule has 0 aliphatic rings. The van der Waals surface area contributed by atoms with E-state index in [1.165, 1.54) is 108 Å². The van der Waals surface area contributed by atoms with E-state index in [1.54, 1.807) is 0 Å². The third kappa shape index (κ3) is 5.56. The fourth-order valence-electron chi connectivity index (χ4n) is 9.56. The average Bonchev–Trinajstić information content (AvgIpc) is 3.85. The van der Waals surface area contributed by atoms with Gasteiger partial charge in [-0.05, 0) is 116 Å². The Hall–Kier alpha value is -6.55. The molecule has 11 aromatic rings. The Morgan fingerprint density at radius 2 is 1.00 bits per heavy atom. The first-order chi connectivity index (χ1) is 28.9. The first-order valence-corrected chi connectivity index (χ1v) is 21.3. The van der Waals surface area contributed by atoms with Crippen LogP contribution < -0.4 is 21.9 Å². The Bertz CT molecular complexity index is 3470. The molecule has 0 aliphatic carbocycles.